The molecule has 21 heavy (non-hydrogen) atoms. The number of aromatic amines is 1. The van der Waals surface area contributed by atoms with Crippen LogP contribution in [0.5, 0.6) is 0 Å². The molecular formula is C16H20N4S. The van der Waals surface area contributed by atoms with Crippen LogP contribution in [0.3, 0.4) is 0 Å². The summed E-state index contributed by atoms with van der Waals surface area (Å²) in [6.07, 6.45) is 2.16. The number of rotatable bonds is 5. The normalized spacial score (nSPS) is 11.2. The highest BCUT2D eigenvalue weighted by atomic mass is 32.1. The molecular weight excluding hydrogens is 280 g/mol. The SMILES string of the molecule is Cc1n[nH]c(C)c1CCCN(C)c1nc2ccccc2s1. The van der Waals surface area contributed by atoms with Gasteiger partial charge in [-0.15, -0.1) is 0 Å². The van der Waals surface area contributed by atoms with Gasteiger partial charge in [0, 0.05) is 19.3 Å². The van der Waals surface area contributed by atoms with Crippen LogP contribution in [0.2, 0.25) is 0 Å². The summed E-state index contributed by atoms with van der Waals surface area (Å²) in [5, 5.41) is 8.40. The standard InChI is InChI=1S/C16H20N4S/c1-11-13(12(2)19-18-11)7-6-10-20(3)16-17-14-8-4-5-9-15(14)21-16/h4-5,8-9H,6-7,10H2,1-3H3,(H,18,19). The smallest absolute Gasteiger partial charge is 0.186 e. The monoisotopic (exact) mass is 300 g/mol. The molecule has 0 fully saturated rings. The molecule has 0 radical (unpaired) electrons. The number of nitrogens with one attached hydrogen (secondary N) is 1. The average molecular weight is 300 g/mol. The van der Waals surface area contributed by atoms with Crippen molar-refractivity contribution in [2.45, 2.75) is 26.7 Å². The van der Waals surface area contributed by atoms with E-state index in [1.54, 1.807) is 11.3 Å². The lowest BCUT2D eigenvalue weighted by molar-refractivity contribution is 0.778. The number of hydrogen-bond acceptors (Lipinski definition) is 4. The lowest BCUT2D eigenvalue weighted by atomic mass is 10.1. The second kappa shape index (κ2) is 5.85. The third kappa shape index (κ3) is 2.93. The second-order valence-electron chi connectivity index (χ2n) is 5.40. The minimum atomic E-state index is 1.00. The molecule has 0 saturated carbocycles. The number of nitrogens with zero attached hydrogens (tertiary/aromatic N) is 3. The first kappa shape index (κ1) is 14.1. The molecule has 4 nitrogen and oxygen atoms in total. The lowest BCUT2D eigenvalue weighted by Crippen LogP contribution is -2.18. The number of anilines is 1. The van der Waals surface area contributed by atoms with Gasteiger partial charge in [-0.05, 0) is 44.4 Å². The molecule has 0 saturated heterocycles. The van der Waals surface area contributed by atoms with E-state index in [2.05, 4.69) is 59.2 Å². The van der Waals surface area contributed by atoms with Crippen LogP contribution in [0.15, 0.2) is 24.3 Å². The number of fused-ring (bicyclic) bond motifs is 1. The van der Waals surface area contributed by atoms with Crippen molar-refractivity contribution < 1.29 is 0 Å². The zero-order valence-electron chi connectivity index (χ0n) is 12.7. The van der Waals surface area contributed by atoms with E-state index in [0.29, 0.717) is 0 Å². The number of thiazole rings is 1. The maximum Gasteiger partial charge on any atom is 0.186 e. The fraction of sp³-hybridized carbons (Fsp3) is 0.375. The van der Waals surface area contributed by atoms with Gasteiger partial charge in [0.15, 0.2) is 5.13 Å². The number of H-pyrrole nitrogens is 1. The Kier molecular flexibility index (Phi) is 3.92. The third-order valence-electron chi connectivity index (χ3n) is 3.81. The molecule has 2 aromatic heterocycles. The van der Waals surface area contributed by atoms with Crippen molar-refractivity contribution in [1.82, 2.24) is 15.2 Å². The van der Waals surface area contributed by atoms with Gasteiger partial charge in [0.25, 0.3) is 0 Å². The van der Waals surface area contributed by atoms with E-state index in [9.17, 15) is 0 Å². The van der Waals surface area contributed by atoms with Gasteiger partial charge in [0.2, 0.25) is 0 Å². The average Bonchev–Trinajstić information content (AvgIpc) is 3.04. The summed E-state index contributed by atoms with van der Waals surface area (Å²) in [4.78, 5) is 6.93. The van der Waals surface area contributed by atoms with Crippen LogP contribution in [0.4, 0.5) is 5.13 Å². The zero-order chi connectivity index (χ0) is 14.8. The molecule has 1 N–H and O–H groups in total. The first-order valence-electron chi connectivity index (χ1n) is 7.22. The predicted molar refractivity (Wildman–Crippen MR) is 89.3 cm³/mol. The van der Waals surface area contributed by atoms with Crippen molar-refractivity contribution in [3.8, 4) is 0 Å². The van der Waals surface area contributed by atoms with Gasteiger partial charge in [-0.3, -0.25) is 5.10 Å². The number of aromatic nitrogens is 3. The molecule has 0 aliphatic heterocycles. The first-order valence-corrected chi connectivity index (χ1v) is 8.04. The quantitative estimate of drug-likeness (QED) is 0.781. The molecule has 0 aliphatic rings. The summed E-state index contributed by atoms with van der Waals surface area (Å²) >= 11 is 1.76. The van der Waals surface area contributed by atoms with Gasteiger partial charge in [-0.1, -0.05) is 23.5 Å². The maximum absolute atomic E-state index is 4.69. The first-order chi connectivity index (χ1) is 10.1. The highest BCUT2D eigenvalue weighted by molar-refractivity contribution is 7.22. The van der Waals surface area contributed by atoms with Gasteiger partial charge >= 0.3 is 0 Å². The number of hydrogen-bond donors (Lipinski definition) is 1. The summed E-state index contributed by atoms with van der Waals surface area (Å²) < 4.78 is 1.25. The highest BCUT2D eigenvalue weighted by Gasteiger charge is 2.10. The Hall–Kier alpha value is -1.88. The van der Waals surface area contributed by atoms with E-state index < -0.39 is 0 Å². The lowest BCUT2D eigenvalue weighted by Gasteiger charge is -2.15. The Balaban J connectivity index is 1.62. The van der Waals surface area contributed by atoms with Crippen LogP contribution < -0.4 is 4.90 Å². The minimum absolute atomic E-state index is 1.00. The van der Waals surface area contributed by atoms with E-state index in [1.807, 2.05) is 6.07 Å². The van der Waals surface area contributed by atoms with Crippen molar-refractivity contribution in [3.63, 3.8) is 0 Å². The van der Waals surface area contributed by atoms with Crippen LogP contribution in [0.1, 0.15) is 23.4 Å². The Bertz CT molecular complexity index is 691. The summed E-state index contributed by atoms with van der Waals surface area (Å²) in [5.41, 5.74) is 4.75. The summed E-state index contributed by atoms with van der Waals surface area (Å²) in [6, 6.07) is 8.30. The highest BCUT2D eigenvalue weighted by Crippen LogP contribution is 2.27. The number of para-hydroxylation sites is 1. The molecule has 5 heteroatoms. The van der Waals surface area contributed by atoms with Gasteiger partial charge < -0.3 is 4.90 Å². The van der Waals surface area contributed by atoms with E-state index in [-0.39, 0.29) is 0 Å². The predicted octanol–water partition coefficient (Wildman–Crippen LogP) is 3.71. The molecule has 0 unspecified atom stereocenters. The molecule has 0 amide bonds. The third-order valence-corrected chi connectivity index (χ3v) is 4.96. The molecule has 2 heterocycles. The van der Waals surface area contributed by atoms with Crippen molar-refractivity contribution >= 4 is 26.7 Å². The fourth-order valence-corrected chi connectivity index (χ4v) is 3.51. The fourth-order valence-electron chi connectivity index (χ4n) is 2.55. The number of benzene rings is 1. The van der Waals surface area contributed by atoms with Crippen molar-refractivity contribution in [2.24, 2.45) is 0 Å². The van der Waals surface area contributed by atoms with Gasteiger partial charge in [0.05, 0.1) is 15.9 Å². The molecule has 0 aliphatic carbocycles. The second-order valence-corrected chi connectivity index (χ2v) is 6.41. The van der Waals surface area contributed by atoms with Gasteiger partial charge in [-0.25, -0.2) is 4.98 Å². The Morgan fingerprint density at radius 2 is 2.05 bits per heavy atom. The van der Waals surface area contributed by atoms with Crippen LogP contribution >= 0.6 is 11.3 Å². The zero-order valence-corrected chi connectivity index (χ0v) is 13.5. The van der Waals surface area contributed by atoms with E-state index in [0.717, 1.165) is 35.7 Å². The number of aryl methyl sites for hydroxylation is 2. The molecule has 1 aromatic carbocycles. The molecule has 0 atom stereocenters. The Labute approximate surface area is 128 Å². The molecule has 3 rings (SSSR count). The largest absolute Gasteiger partial charge is 0.351 e. The van der Waals surface area contributed by atoms with Gasteiger partial charge in [0.1, 0.15) is 0 Å². The van der Waals surface area contributed by atoms with Gasteiger partial charge in [-0.2, -0.15) is 5.10 Å². The summed E-state index contributed by atoms with van der Waals surface area (Å²) in [5.74, 6) is 0. The summed E-state index contributed by atoms with van der Waals surface area (Å²) in [7, 11) is 2.12. The van der Waals surface area contributed by atoms with Crippen LogP contribution in [-0.2, 0) is 6.42 Å². The molecule has 0 spiro atoms. The topological polar surface area (TPSA) is 44.8 Å². The summed E-state index contributed by atoms with van der Waals surface area (Å²) in [6.45, 7) is 5.16. The van der Waals surface area contributed by atoms with Crippen LogP contribution in [-0.4, -0.2) is 28.8 Å². The molecule has 3 aromatic rings. The van der Waals surface area contributed by atoms with Crippen LogP contribution in [0.25, 0.3) is 10.2 Å². The van der Waals surface area contributed by atoms with E-state index >= 15 is 0 Å². The maximum atomic E-state index is 4.69. The Morgan fingerprint density at radius 1 is 1.24 bits per heavy atom. The minimum Gasteiger partial charge on any atom is -0.351 e. The van der Waals surface area contributed by atoms with Crippen molar-refractivity contribution in [3.05, 3.63) is 41.2 Å². The van der Waals surface area contributed by atoms with Crippen molar-refractivity contribution in [2.75, 3.05) is 18.5 Å². The van der Waals surface area contributed by atoms with E-state index in [4.69, 9.17) is 0 Å². The van der Waals surface area contributed by atoms with Crippen LogP contribution in [0, 0.1) is 13.8 Å². The van der Waals surface area contributed by atoms with E-state index in [1.165, 1.54) is 16.0 Å². The molecule has 110 valence electrons. The Morgan fingerprint density at radius 3 is 2.76 bits per heavy atom. The molecule has 0 bridgehead atoms. The van der Waals surface area contributed by atoms with Crippen molar-refractivity contribution in [1.29, 1.82) is 0 Å².